The molecule has 0 heterocycles. The number of hydrogen-bond donors (Lipinski definition) is 2. The van der Waals surface area contributed by atoms with Crippen molar-refractivity contribution in [2.24, 2.45) is 0 Å². The van der Waals surface area contributed by atoms with Crippen molar-refractivity contribution < 1.29 is 19.1 Å². The summed E-state index contributed by atoms with van der Waals surface area (Å²) >= 11 is 0. The first-order valence-electron chi connectivity index (χ1n) is 6.84. The summed E-state index contributed by atoms with van der Waals surface area (Å²) in [7, 11) is 1.27. The van der Waals surface area contributed by atoms with E-state index in [2.05, 4.69) is 15.4 Å². The van der Waals surface area contributed by atoms with Crippen molar-refractivity contribution in [1.29, 1.82) is 5.26 Å². The second-order valence-electron chi connectivity index (χ2n) is 4.67. The monoisotopic (exact) mass is 323 g/mol. The predicted octanol–water partition coefficient (Wildman–Crippen LogP) is 1.92. The molecular formula is C17H13N3O4. The lowest BCUT2D eigenvalue weighted by Crippen LogP contribution is -2.29. The molecule has 0 spiro atoms. The number of carbonyl (C=O) groups is 3. The standard InChI is InChI=1S/C17H13N3O4/c1-24-17(23)12-4-8-14(9-5-12)20-16(22)15(21)19-13-6-2-11(10-18)3-7-13/h2-9H,1H3,(H,19,21)(H,20,22). The molecule has 0 saturated heterocycles. The molecule has 0 unspecified atom stereocenters. The highest BCUT2D eigenvalue weighted by molar-refractivity contribution is 6.43. The molecule has 0 aromatic heterocycles. The Morgan fingerprint density at radius 3 is 1.75 bits per heavy atom. The summed E-state index contributed by atoms with van der Waals surface area (Å²) in [5.41, 5.74) is 1.54. The smallest absolute Gasteiger partial charge is 0.337 e. The van der Waals surface area contributed by atoms with E-state index in [0.717, 1.165) is 0 Å². The quantitative estimate of drug-likeness (QED) is 0.662. The maximum absolute atomic E-state index is 11.8. The SMILES string of the molecule is COC(=O)c1ccc(NC(=O)C(=O)Nc2ccc(C#N)cc2)cc1. The van der Waals surface area contributed by atoms with Gasteiger partial charge in [0, 0.05) is 11.4 Å². The van der Waals surface area contributed by atoms with Gasteiger partial charge >= 0.3 is 17.8 Å². The molecule has 0 atom stereocenters. The average Bonchev–Trinajstić information content (AvgIpc) is 2.62. The molecule has 120 valence electrons. The van der Waals surface area contributed by atoms with E-state index < -0.39 is 17.8 Å². The van der Waals surface area contributed by atoms with Crippen molar-refractivity contribution in [2.45, 2.75) is 0 Å². The number of nitriles is 1. The van der Waals surface area contributed by atoms with Crippen molar-refractivity contribution in [2.75, 3.05) is 17.7 Å². The Morgan fingerprint density at radius 1 is 0.875 bits per heavy atom. The van der Waals surface area contributed by atoms with Crippen LogP contribution in [0.4, 0.5) is 11.4 Å². The van der Waals surface area contributed by atoms with Gasteiger partial charge in [-0.05, 0) is 48.5 Å². The maximum Gasteiger partial charge on any atom is 0.337 e. The molecule has 7 nitrogen and oxygen atoms in total. The van der Waals surface area contributed by atoms with Gasteiger partial charge in [0.2, 0.25) is 0 Å². The minimum absolute atomic E-state index is 0.331. The molecule has 0 saturated carbocycles. The third kappa shape index (κ3) is 4.18. The minimum atomic E-state index is -0.856. The van der Waals surface area contributed by atoms with Gasteiger partial charge in [0.15, 0.2) is 0 Å². The Morgan fingerprint density at radius 2 is 1.33 bits per heavy atom. The fourth-order valence-electron chi connectivity index (χ4n) is 1.81. The van der Waals surface area contributed by atoms with Crippen LogP contribution in [0.5, 0.6) is 0 Å². The molecule has 0 aliphatic heterocycles. The van der Waals surface area contributed by atoms with Crippen LogP contribution in [0.3, 0.4) is 0 Å². The van der Waals surface area contributed by atoms with Crippen LogP contribution in [0.2, 0.25) is 0 Å². The highest BCUT2D eigenvalue weighted by Gasteiger charge is 2.14. The Kier molecular flexibility index (Phi) is 5.26. The zero-order chi connectivity index (χ0) is 17.5. The van der Waals surface area contributed by atoms with Gasteiger partial charge in [-0.1, -0.05) is 0 Å². The van der Waals surface area contributed by atoms with Crippen molar-refractivity contribution >= 4 is 29.2 Å². The molecular weight excluding hydrogens is 310 g/mol. The number of benzene rings is 2. The van der Waals surface area contributed by atoms with Crippen LogP contribution in [0.15, 0.2) is 48.5 Å². The molecule has 0 fully saturated rings. The van der Waals surface area contributed by atoms with Crippen LogP contribution >= 0.6 is 0 Å². The summed E-state index contributed by atoms with van der Waals surface area (Å²) in [5.74, 6) is -2.20. The Balaban J connectivity index is 1.97. The van der Waals surface area contributed by atoms with Crippen molar-refractivity contribution in [3.05, 3.63) is 59.7 Å². The van der Waals surface area contributed by atoms with Crippen LogP contribution in [0.25, 0.3) is 0 Å². The Labute approximate surface area is 137 Å². The largest absolute Gasteiger partial charge is 0.465 e. The van der Waals surface area contributed by atoms with Gasteiger partial charge in [-0.3, -0.25) is 9.59 Å². The lowest BCUT2D eigenvalue weighted by atomic mass is 10.2. The third-order valence-electron chi connectivity index (χ3n) is 3.04. The van der Waals surface area contributed by atoms with E-state index in [0.29, 0.717) is 22.5 Å². The van der Waals surface area contributed by atoms with Gasteiger partial charge in [0.05, 0.1) is 24.3 Å². The highest BCUT2D eigenvalue weighted by atomic mass is 16.5. The molecule has 2 aromatic rings. The average molecular weight is 323 g/mol. The molecule has 24 heavy (non-hydrogen) atoms. The summed E-state index contributed by atoms with van der Waals surface area (Å²) in [5, 5.41) is 13.5. The van der Waals surface area contributed by atoms with Gasteiger partial charge in [-0.25, -0.2) is 4.79 Å². The van der Waals surface area contributed by atoms with E-state index in [-0.39, 0.29) is 0 Å². The Bertz CT molecular complexity index is 805. The first kappa shape index (κ1) is 16.7. The zero-order valence-corrected chi connectivity index (χ0v) is 12.7. The molecule has 2 rings (SSSR count). The summed E-state index contributed by atoms with van der Waals surface area (Å²) in [6.07, 6.45) is 0. The molecule has 2 N–H and O–H groups in total. The van der Waals surface area contributed by atoms with E-state index >= 15 is 0 Å². The molecule has 2 amide bonds. The lowest BCUT2D eigenvalue weighted by Gasteiger charge is -2.07. The number of rotatable bonds is 3. The van der Waals surface area contributed by atoms with Gasteiger partial charge in [0.25, 0.3) is 0 Å². The molecule has 0 aliphatic carbocycles. The second kappa shape index (κ2) is 7.56. The van der Waals surface area contributed by atoms with Crippen LogP contribution in [-0.2, 0) is 14.3 Å². The molecule has 0 aliphatic rings. The number of amides is 2. The first-order chi connectivity index (χ1) is 11.5. The van der Waals surface area contributed by atoms with E-state index in [1.165, 1.54) is 55.6 Å². The van der Waals surface area contributed by atoms with Crippen LogP contribution in [0.1, 0.15) is 15.9 Å². The van der Waals surface area contributed by atoms with Gasteiger partial charge in [0.1, 0.15) is 0 Å². The van der Waals surface area contributed by atoms with E-state index in [4.69, 9.17) is 5.26 Å². The number of methoxy groups -OCH3 is 1. The van der Waals surface area contributed by atoms with Gasteiger partial charge < -0.3 is 15.4 Å². The topological polar surface area (TPSA) is 108 Å². The number of nitrogens with one attached hydrogen (secondary N) is 2. The number of carbonyl (C=O) groups excluding carboxylic acids is 3. The predicted molar refractivity (Wildman–Crippen MR) is 86.2 cm³/mol. The molecule has 7 heteroatoms. The molecule has 0 radical (unpaired) electrons. The fourth-order valence-corrected chi connectivity index (χ4v) is 1.81. The highest BCUT2D eigenvalue weighted by Crippen LogP contribution is 2.12. The third-order valence-corrected chi connectivity index (χ3v) is 3.04. The molecule has 2 aromatic carbocycles. The number of nitrogens with zero attached hydrogens (tertiary/aromatic N) is 1. The summed E-state index contributed by atoms with van der Waals surface area (Å²) in [4.78, 5) is 35.0. The zero-order valence-electron chi connectivity index (χ0n) is 12.7. The first-order valence-corrected chi connectivity index (χ1v) is 6.84. The summed E-state index contributed by atoms with van der Waals surface area (Å²) < 4.78 is 4.57. The lowest BCUT2D eigenvalue weighted by molar-refractivity contribution is -0.132. The number of hydrogen-bond acceptors (Lipinski definition) is 5. The van der Waals surface area contributed by atoms with Crippen LogP contribution in [-0.4, -0.2) is 24.9 Å². The van der Waals surface area contributed by atoms with Crippen LogP contribution < -0.4 is 10.6 Å². The van der Waals surface area contributed by atoms with Crippen molar-refractivity contribution in [3.8, 4) is 6.07 Å². The van der Waals surface area contributed by atoms with Crippen molar-refractivity contribution in [1.82, 2.24) is 0 Å². The van der Waals surface area contributed by atoms with Crippen molar-refractivity contribution in [3.63, 3.8) is 0 Å². The number of ether oxygens (including phenoxy) is 1. The fraction of sp³-hybridized carbons (Fsp3) is 0.0588. The van der Waals surface area contributed by atoms with Crippen LogP contribution in [0, 0.1) is 11.3 Å². The Hall–Kier alpha value is -3.66. The number of esters is 1. The summed E-state index contributed by atoms with van der Waals surface area (Å²) in [6.45, 7) is 0. The maximum atomic E-state index is 11.8. The van der Waals surface area contributed by atoms with E-state index in [1.54, 1.807) is 0 Å². The number of anilines is 2. The van der Waals surface area contributed by atoms with E-state index in [1.807, 2.05) is 6.07 Å². The molecule has 0 bridgehead atoms. The van der Waals surface area contributed by atoms with Gasteiger partial charge in [-0.2, -0.15) is 5.26 Å². The normalized spacial score (nSPS) is 9.50. The minimum Gasteiger partial charge on any atom is -0.465 e. The summed E-state index contributed by atoms with van der Waals surface area (Å²) in [6, 6.07) is 14.0. The van der Waals surface area contributed by atoms with Gasteiger partial charge in [-0.15, -0.1) is 0 Å². The second-order valence-corrected chi connectivity index (χ2v) is 4.67. The van der Waals surface area contributed by atoms with E-state index in [9.17, 15) is 14.4 Å².